The summed E-state index contributed by atoms with van der Waals surface area (Å²) in [6, 6.07) is -0.518. The zero-order valence-corrected chi connectivity index (χ0v) is 12.1. The summed E-state index contributed by atoms with van der Waals surface area (Å²) < 4.78 is 0. The molecule has 0 unspecified atom stereocenters. The van der Waals surface area contributed by atoms with Crippen LogP contribution in [0.3, 0.4) is 0 Å². The van der Waals surface area contributed by atoms with Crippen molar-refractivity contribution >= 4 is 17.9 Å². The van der Waals surface area contributed by atoms with E-state index in [9.17, 15) is 9.59 Å². The Hall–Kier alpha value is -2.25. The first kappa shape index (κ1) is 15.1. The maximum atomic E-state index is 11.7. The van der Waals surface area contributed by atoms with Crippen LogP contribution in [0.1, 0.15) is 38.1 Å². The second kappa shape index (κ2) is 6.02. The lowest BCUT2D eigenvalue weighted by Crippen LogP contribution is -2.37. The molecular weight excluding hydrogens is 274 g/mol. The van der Waals surface area contributed by atoms with Crippen molar-refractivity contribution in [1.29, 1.82) is 0 Å². The highest BCUT2D eigenvalue weighted by atomic mass is 16.4. The van der Waals surface area contributed by atoms with Crippen molar-refractivity contribution in [2.75, 3.05) is 11.9 Å². The molecule has 3 N–H and O–H groups in total. The largest absolute Gasteiger partial charge is 0.481 e. The number of carbonyl (C=O) groups is 2. The monoisotopic (exact) mass is 293 g/mol. The molecule has 1 heterocycles. The van der Waals surface area contributed by atoms with Crippen molar-refractivity contribution in [3.05, 3.63) is 11.4 Å². The number of nitrogens with one attached hydrogen (secondary N) is 2. The summed E-state index contributed by atoms with van der Waals surface area (Å²) in [5.41, 5.74) is 0.815. The van der Waals surface area contributed by atoms with Gasteiger partial charge in [-0.1, -0.05) is 13.8 Å². The minimum Gasteiger partial charge on any atom is -0.481 e. The summed E-state index contributed by atoms with van der Waals surface area (Å²) in [7, 11) is 0. The average molecular weight is 293 g/mol. The molecule has 8 heteroatoms. The number of rotatable bonds is 6. The predicted molar refractivity (Wildman–Crippen MR) is 74.9 cm³/mol. The van der Waals surface area contributed by atoms with E-state index in [0.717, 1.165) is 17.8 Å². The predicted octanol–water partition coefficient (Wildman–Crippen LogP) is 0.983. The van der Waals surface area contributed by atoms with E-state index in [1.807, 2.05) is 13.8 Å². The Kier molecular flexibility index (Phi) is 4.35. The summed E-state index contributed by atoms with van der Waals surface area (Å²) in [4.78, 5) is 27.0. The first-order chi connectivity index (χ1) is 10.0. The van der Waals surface area contributed by atoms with Crippen molar-refractivity contribution in [2.45, 2.75) is 39.5 Å². The Bertz CT molecular complexity index is 557. The van der Waals surface area contributed by atoms with E-state index in [-0.39, 0.29) is 12.5 Å². The first-order valence-electron chi connectivity index (χ1n) is 7.01. The third-order valence-electron chi connectivity index (χ3n) is 3.63. The molecule has 2 amide bonds. The van der Waals surface area contributed by atoms with Gasteiger partial charge in [-0.3, -0.25) is 10.1 Å². The highest BCUT2D eigenvalue weighted by Crippen LogP contribution is 2.45. The molecular formula is C13H19N5O3. The number of aromatic nitrogens is 3. The molecule has 21 heavy (non-hydrogen) atoms. The number of amides is 2. The Morgan fingerprint density at radius 1 is 1.19 bits per heavy atom. The minimum atomic E-state index is -0.874. The average Bonchev–Trinajstić information content (AvgIpc) is 3.26. The molecule has 0 aliphatic heterocycles. The number of hydrogen-bond acceptors (Lipinski definition) is 5. The zero-order valence-electron chi connectivity index (χ0n) is 12.1. The fourth-order valence-corrected chi connectivity index (χ4v) is 2.00. The molecule has 0 atom stereocenters. The van der Waals surface area contributed by atoms with E-state index in [0.29, 0.717) is 19.3 Å². The maximum absolute atomic E-state index is 11.7. The molecule has 1 aromatic heterocycles. The molecule has 0 aromatic carbocycles. The quantitative estimate of drug-likeness (QED) is 0.719. The van der Waals surface area contributed by atoms with E-state index in [1.165, 1.54) is 0 Å². The summed E-state index contributed by atoms with van der Waals surface area (Å²) in [6.45, 7) is 4.03. The fourth-order valence-electron chi connectivity index (χ4n) is 2.00. The Balaban J connectivity index is 1.92. The van der Waals surface area contributed by atoms with Crippen LogP contribution in [0.2, 0.25) is 0 Å². The van der Waals surface area contributed by atoms with Crippen molar-refractivity contribution in [3.8, 4) is 0 Å². The normalized spacial score (nSPS) is 15.3. The summed E-state index contributed by atoms with van der Waals surface area (Å²) in [6.07, 6.45) is 2.62. The second-order valence-electron chi connectivity index (χ2n) is 5.13. The van der Waals surface area contributed by atoms with Crippen LogP contribution in [0, 0.1) is 5.41 Å². The molecule has 2 rings (SSSR count). The van der Waals surface area contributed by atoms with Crippen LogP contribution in [0.5, 0.6) is 0 Å². The second-order valence-corrected chi connectivity index (χ2v) is 5.13. The molecule has 1 fully saturated rings. The van der Waals surface area contributed by atoms with Crippen LogP contribution in [0.15, 0.2) is 0 Å². The number of carboxylic acid groups (broad SMARTS) is 1. The van der Waals surface area contributed by atoms with Crippen molar-refractivity contribution in [3.63, 3.8) is 0 Å². The van der Waals surface area contributed by atoms with Gasteiger partial charge in [-0.05, 0) is 25.7 Å². The Morgan fingerprint density at radius 2 is 1.86 bits per heavy atom. The number of hydrogen-bond donors (Lipinski definition) is 3. The van der Waals surface area contributed by atoms with Crippen molar-refractivity contribution in [2.24, 2.45) is 5.41 Å². The highest BCUT2D eigenvalue weighted by molar-refractivity contribution is 5.88. The smallest absolute Gasteiger partial charge is 0.321 e. The van der Waals surface area contributed by atoms with Crippen molar-refractivity contribution in [1.82, 2.24) is 20.5 Å². The number of anilines is 1. The highest BCUT2D eigenvalue weighted by Gasteiger charge is 2.50. The van der Waals surface area contributed by atoms with Crippen LogP contribution in [0.4, 0.5) is 10.7 Å². The van der Waals surface area contributed by atoms with Gasteiger partial charge in [0.1, 0.15) is 0 Å². The number of nitrogens with zero attached hydrogens (tertiary/aromatic N) is 3. The molecule has 0 saturated heterocycles. The van der Waals surface area contributed by atoms with Crippen LogP contribution >= 0.6 is 0 Å². The van der Waals surface area contributed by atoms with Gasteiger partial charge >= 0.3 is 12.0 Å². The first-order valence-corrected chi connectivity index (χ1v) is 7.01. The van der Waals surface area contributed by atoms with Crippen LogP contribution in [0.25, 0.3) is 0 Å². The van der Waals surface area contributed by atoms with Gasteiger partial charge in [0, 0.05) is 6.54 Å². The number of urea groups is 1. The SMILES string of the molecule is CCc1nnc(NC(=O)NCC2(C(=O)O)CC2)nc1CC. The lowest BCUT2D eigenvalue weighted by molar-refractivity contribution is -0.143. The molecule has 8 nitrogen and oxygen atoms in total. The Morgan fingerprint density at radius 3 is 2.38 bits per heavy atom. The van der Waals surface area contributed by atoms with Gasteiger partial charge < -0.3 is 10.4 Å². The molecule has 0 bridgehead atoms. The van der Waals surface area contributed by atoms with E-state index >= 15 is 0 Å². The lowest BCUT2D eigenvalue weighted by atomic mass is 10.1. The molecule has 114 valence electrons. The summed E-state index contributed by atoms with van der Waals surface area (Å²) in [5.74, 6) is -0.747. The lowest BCUT2D eigenvalue weighted by Gasteiger charge is -2.11. The van der Waals surface area contributed by atoms with Gasteiger partial charge in [-0.2, -0.15) is 0 Å². The van der Waals surface area contributed by atoms with E-state index in [1.54, 1.807) is 0 Å². The van der Waals surface area contributed by atoms with Gasteiger partial charge in [0.2, 0.25) is 0 Å². The number of carboxylic acids is 1. The number of aryl methyl sites for hydroxylation is 2. The van der Waals surface area contributed by atoms with E-state index in [2.05, 4.69) is 25.8 Å². The molecule has 1 aliphatic rings. The third kappa shape index (κ3) is 3.45. The van der Waals surface area contributed by atoms with Crippen LogP contribution in [-0.4, -0.2) is 38.8 Å². The van der Waals surface area contributed by atoms with Gasteiger partial charge in [-0.15, -0.1) is 10.2 Å². The van der Waals surface area contributed by atoms with E-state index < -0.39 is 17.4 Å². The summed E-state index contributed by atoms with van der Waals surface area (Å²) >= 11 is 0. The Labute approximate surface area is 122 Å². The fraction of sp³-hybridized carbons (Fsp3) is 0.615. The zero-order chi connectivity index (χ0) is 15.5. The molecule has 1 aliphatic carbocycles. The van der Waals surface area contributed by atoms with Crippen LogP contribution < -0.4 is 10.6 Å². The van der Waals surface area contributed by atoms with Gasteiger partial charge in [0.15, 0.2) is 0 Å². The van der Waals surface area contributed by atoms with Gasteiger partial charge in [0.25, 0.3) is 5.95 Å². The third-order valence-corrected chi connectivity index (χ3v) is 3.63. The molecule has 0 radical (unpaired) electrons. The van der Waals surface area contributed by atoms with Crippen LogP contribution in [-0.2, 0) is 17.6 Å². The topological polar surface area (TPSA) is 117 Å². The maximum Gasteiger partial charge on any atom is 0.321 e. The number of carbonyl (C=O) groups excluding carboxylic acids is 1. The molecule has 1 saturated carbocycles. The summed E-state index contributed by atoms with van der Waals surface area (Å²) in [5, 5.41) is 21.9. The minimum absolute atomic E-state index is 0.106. The van der Waals surface area contributed by atoms with Crippen molar-refractivity contribution < 1.29 is 14.7 Å². The number of aliphatic carboxylic acids is 1. The standard InChI is InChI=1S/C13H19N5O3/c1-3-8-9(4-2)17-18-11(15-8)16-12(21)14-7-13(5-6-13)10(19)20/h3-7H2,1-2H3,(H,19,20)(H2,14,15,16,18,21). The molecule has 1 aromatic rings. The van der Waals surface area contributed by atoms with Gasteiger partial charge in [0.05, 0.1) is 16.8 Å². The molecule has 0 spiro atoms. The van der Waals surface area contributed by atoms with Gasteiger partial charge in [-0.25, -0.2) is 9.78 Å². The van der Waals surface area contributed by atoms with E-state index in [4.69, 9.17) is 5.11 Å².